The third-order valence-corrected chi connectivity index (χ3v) is 6.33. The van der Waals surface area contributed by atoms with Crippen molar-refractivity contribution in [3.63, 3.8) is 0 Å². The number of aromatic nitrogens is 2. The van der Waals surface area contributed by atoms with Crippen molar-refractivity contribution >= 4 is 40.1 Å². The number of oxime groups is 1. The Kier molecular flexibility index (Phi) is 7.03. The van der Waals surface area contributed by atoms with Crippen LogP contribution >= 0.6 is 11.3 Å². The summed E-state index contributed by atoms with van der Waals surface area (Å²) in [6.07, 6.45) is 0.395. The standard InChI is InChI=1S/C23H28N6O8S/c1-21(2,3)36-20(34)26-19-24-12(10-38-19)14(28-37-22(4,5)18(32)33)16(31)25-15-17-27-23(15,35-17)11-29-9-7-6-8-13(29)30/h6-10,15,17,27H,11H2,1-5H3,(H,25,31)(H,32,33)(H,24,26,34)/b28-14-/t15-,17?,23?/m0/s1. The molecule has 2 aromatic rings. The smallest absolute Gasteiger partial charge is 0.413 e. The summed E-state index contributed by atoms with van der Waals surface area (Å²) < 4.78 is 12.4. The highest BCUT2D eigenvalue weighted by molar-refractivity contribution is 7.14. The van der Waals surface area contributed by atoms with Gasteiger partial charge in [0.25, 0.3) is 11.5 Å². The topological polar surface area (TPSA) is 182 Å². The molecule has 2 aromatic heterocycles. The lowest BCUT2D eigenvalue weighted by atomic mass is 9.84. The number of anilines is 1. The molecule has 14 nitrogen and oxygen atoms in total. The molecule has 204 valence electrons. The monoisotopic (exact) mass is 548 g/mol. The molecule has 4 N–H and O–H groups in total. The first-order chi connectivity index (χ1) is 17.7. The van der Waals surface area contributed by atoms with Crippen molar-refractivity contribution in [2.24, 2.45) is 5.16 Å². The van der Waals surface area contributed by atoms with Crippen LogP contribution in [0.15, 0.2) is 39.7 Å². The van der Waals surface area contributed by atoms with Gasteiger partial charge in [0.2, 0.25) is 5.60 Å². The van der Waals surface area contributed by atoms with Gasteiger partial charge in [-0.25, -0.2) is 14.6 Å². The summed E-state index contributed by atoms with van der Waals surface area (Å²) >= 11 is 1.01. The van der Waals surface area contributed by atoms with Crippen LogP contribution in [0.2, 0.25) is 0 Å². The number of carboxylic acid groups (broad SMARTS) is 1. The average Bonchev–Trinajstić information content (AvgIpc) is 3.22. The molecule has 3 aliphatic heterocycles. The summed E-state index contributed by atoms with van der Waals surface area (Å²) in [6, 6.07) is 4.22. The minimum atomic E-state index is -1.74. The van der Waals surface area contributed by atoms with Crippen molar-refractivity contribution in [1.29, 1.82) is 0 Å². The van der Waals surface area contributed by atoms with Crippen LogP contribution in [0, 0.1) is 0 Å². The number of nitrogens with one attached hydrogen (secondary N) is 3. The fourth-order valence-corrected chi connectivity index (χ4v) is 4.21. The van der Waals surface area contributed by atoms with E-state index in [0.29, 0.717) is 0 Å². The number of hydrogen-bond acceptors (Lipinski definition) is 11. The van der Waals surface area contributed by atoms with E-state index in [1.165, 1.54) is 29.9 Å². The number of carbonyl (C=O) groups excluding carboxylic acids is 2. The van der Waals surface area contributed by atoms with Crippen LogP contribution in [0.3, 0.4) is 0 Å². The molecule has 38 heavy (non-hydrogen) atoms. The van der Waals surface area contributed by atoms with Gasteiger partial charge in [-0.05, 0) is 40.7 Å². The zero-order valence-electron chi connectivity index (χ0n) is 21.3. The van der Waals surface area contributed by atoms with Crippen LogP contribution in [-0.2, 0) is 30.4 Å². The summed E-state index contributed by atoms with van der Waals surface area (Å²) in [5, 5.41) is 23.2. The quantitative estimate of drug-likeness (QED) is 0.261. The maximum absolute atomic E-state index is 13.3. The lowest BCUT2D eigenvalue weighted by molar-refractivity contribution is -0.381. The Balaban J connectivity index is 1.52. The Morgan fingerprint density at radius 2 is 2.00 bits per heavy atom. The van der Waals surface area contributed by atoms with Gasteiger partial charge in [-0.3, -0.25) is 20.2 Å². The number of pyridine rings is 1. The zero-order valence-corrected chi connectivity index (χ0v) is 22.1. The van der Waals surface area contributed by atoms with Gasteiger partial charge in [0, 0.05) is 17.6 Å². The highest BCUT2D eigenvalue weighted by Gasteiger charge is 2.69. The second kappa shape index (κ2) is 9.81. The largest absolute Gasteiger partial charge is 0.478 e. The highest BCUT2D eigenvalue weighted by Crippen LogP contribution is 2.42. The molecule has 0 radical (unpaired) electrons. The van der Waals surface area contributed by atoms with Gasteiger partial charge in [-0.15, -0.1) is 11.3 Å². The van der Waals surface area contributed by atoms with E-state index < -0.39 is 47.2 Å². The van der Waals surface area contributed by atoms with Crippen LogP contribution in [0.1, 0.15) is 40.3 Å². The molecule has 5 rings (SSSR count). The predicted molar refractivity (Wildman–Crippen MR) is 135 cm³/mol. The van der Waals surface area contributed by atoms with Gasteiger partial charge < -0.3 is 29.3 Å². The van der Waals surface area contributed by atoms with E-state index in [1.807, 2.05) is 0 Å². The van der Waals surface area contributed by atoms with Crippen molar-refractivity contribution in [1.82, 2.24) is 20.2 Å². The number of thiazole rings is 1. The predicted octanol–water partition coefficient (Wildman–Crippen LogP) is 1.08. The SMILES string of the molecule is CC(C)(C)OC(=O)Nc1nc(/C(=N/OC(C)(C)C(=O)O)C(=O)N[C@H]2C3NC2(Cn2ccccc2=O)O3)cs1. The number of rotatable bonds is 9. The Hall–Kier alpha value is -3.82. The van der Waals surface area contributed by atoms with E-state index in [-0.39, 0.29) is 28.6 Å². The Morgan fingerprint density at radius 1 is 1.29 bits per heavy atom. The molecule has 0 saturated carbocycles. The first-order valence-electron chi connectivity index (χ1n) is 11.6. The van der Waals surface area contributed by atoms with Crippen LogP contribution in [0.5, 0.6) is 0 Å². The van der Waals surface area contributed by atoms with Gasteiger partial charge in [0.15, 0.2) is 16.6 Å². The third kappa shape index (κ3) is 5.69. The summed E-state index contributed by atoms with van der Waals surface area (Å²) in [6.45, 7) is 7.82. The van der Waals surface area contributed by atoms with E-state index >= 15 is 0 Å². The Bertz CT molecular complexity index is 1340. The number of carbonyl (C=O) groups is 3. The Labute approximate surface area is 221 Å². The second-order valence-electron chi connectivity index (χ2n) is 10.2. The van der Waals surface area contributed by atoms with Gasteiger partial charge in [-0.1, -0.05) is 11.2 Å². The summed E-state index contributed by atoms with van der Waals surface area (Å²) in [4.78, 5) is 58.4. The highest BCUT2D eigenvalue weighted by atomic mass is 32.1. The minimum absolute atomic E-state index is 0.0370. The molecule has 2 unspecified atom stereocenters. The third-order valence-electron chi connectivity index (χ3n) is 5.57. The fourth-order valence-electron chi connectivity index (χ4n) is 3.52. The number of ether oxygens (including phenoxy) is 2. The lowest BCUT2D eigenvalue weighted by Gasteiger charge is -2.67. The van der Waals surface area contributed by atoms with E-state index in [1.54, 1.807) is 39.1 Å². The first kappa shape index (κ1) is 27.2. The van der Waals surface area contributed by atoms with Crippen molar-refractivity contribution in [3.05, 3.63) is 45.8 Å². The van der Waals surface area contributed by atoms with Gasteiger partial charge >= 0.3 is 12.1 Å². The molecule has 0 spiro atoms. The number of carboxylic acids is 1. The molecule has 15 heteroatoms. The van der Waals surface area contributed by atoms with Crippen molar-refractivity contribution in [2.45, 2.75) is 70.4 Å². The molecule has 2 amide bonds. The zero-order chi connectivity index (χ0) is 27.9. The summed E-state index contributed by atoms with van der Waals surface area (Å²) in [7, 11) is 0. The average molecular weight is 549 g/mol. The van der Waals surface area contributed by atoms with Crippen LogP contribution in [-0.4, -0.2) is 67.5 Å². The van der Waals surface area contributed by atoms with Crippen LogP contribution in [0.4, 0.5) is 9.93 Å². The van der Waals surface area contributed by atoms with Crippen LogP contribution in [0.25, 0.3) is 0 Å². The number of nitrogens with zero attached hydrogens (tertiary/aromatic N) is 3. The fraction of sp³-hybridized carbons (Fsp3) is 0.478. The maximum Gasteiger partial charge on any atom is 0.413 e. The molecular weight excluding hydrogens is 520 g/mol. The van der Waals surface area contributed by atoms with Crippen molar-refractivity contribution in [3.8, 4) is 0 Å². The number of aliphatic carboxylic acids is 1. The summed E-state index contributed by atoms with van der Waals surface area (Å²) in [5.74, 6) is -2.01. The molecule has 3 fully saturated rings. The maximum atomic E-state index is 13.3. The van der Waals surface area contributed by atoms with Crippen LogP contribution < -0.4 is 21.5 Å². The first-order valence-corrected chi connectivity index (χ1v) is 12.4. The van der Waals surface area contributed by atoms with E-state index in [4.69, 9.17) is 14.3 Å². The number of amides is 2. The molecule has 3 atom stereocenters. The Morgan fingerprint density at radius 3 is 2.58 bits per heavy atom. The normalized spacial score (nSPS) is 22.5. The van der Waals surface area contributed by atoms with E-state index in [2.05, 4.69) is 26.1 Å². The molecule has 3 aliphatic rings. The number of hydrogen-bond donors (Lipinski definition) is 4. The minimum Gasteiger partial charge on any atom is -0.478 e. The van der Waals surface area contributed by atoms with Crippen molar-refractivity contribution in [2.75, 3.05) is 5.32 Å². The molecule has 2 bridgehead atoms. The molecule has 3 saturated heterocycles. The van der Waals surface area contributed by atoms with Gasteiger partial charge in [0.1, 0.15) is 23.6 Å². The molecular formula is C23H28N6O8S. The van der Waals surface area contributed by atoms with Gasteiger partial charge in [-0.2, -0.15) is 0 Å². The van der Waals surface area contributed by atoms with E-state index in [0.717, 1.165) is 11.3 Å². The van der Waals surface area contributed by atoms with Gasteiger partial charge in [0.05, 0.1) is 6.54 Å². The molecule has 0 aromatic carbocycles. The molecule has 5 heterocycles. The summed E-state index contributed by atoms with van der Waals surface area (Å²) in [5.41, 5.74) is -3.97. The van der Waals surface area contributed by atoms with E-state index in [9.17, 15) is 24.3 Å². The second-order valence-corrected chi connectivity index (χ2v) is 11.1. The molecule has 0 aliphatic carbocycles. The van der Waals surface area contributed by atoms with Crippen molar-refractivity contribution < 1.29 is 33.8 Å². The lowest BCUT2D eigenvalue weighted by Crippen LogP contribution is -2.94.